The van der Waals surface area contributed by atoms with Crippen molar-refractivity contribution in [3.63, 3.8) is 0 Å². The lowest BCUT2D eigenvalue weighted by molar-refractivity contribution is 0.0741. The number of imidazole rings is 1. The van der Waals surface area contributed by atoms with Gasteiger partial charge < -0.3 is 19.7 Å². The predicted molar refractivity (Wildman–Crippen MR) is 157 cm³/mol. The molecule has 0 bridgehead atoms. The van der Waals surface area contributed by atoms with Crippen molar-refractivity contribution in [2.45, 2.75) is 72.8 Å². The van der Waals surface area contributed by atoms with Crippen molar-refractivity contribution < 1.29 is 4.79 Å². The largest absolute Gasteiger partial charge is 0.339 e. The van der Waals surface area contributed by atoms with Crippen LogP contribution < -0.4 is 5.32 Å². The SMILES string of the molecule is CC(C)CCN(CCC(C)C)C(=O)c1ccc2nc(Nc3cccnc3)n(CCCN3CCCCC3)c2c1. The number of rotatable bonds is 13. The Bertz CT molecular complexity index is 1140. The zero-order valence-electron chi connectivity index (χ0n) is 23.8. The smallest absolute Gasteiger partial charge is 0.253 e. The van der Waals surface area contributed by atoms with E-state index in [0.717, 1.165) is 73.7 Å². The standard InChI is InChI=1S/C31H46N6O/c1-24(2)13-20-36(21-14-25(3)4)30(38)26-11-12-28-29(22-26)37(19-9-18-35-16-6-5-7-17-35)31(34-28)33-27-10-8-15-32-23-27/h8,10-12,15,22-25H,5-7,9,13-14,16-21H2,1-4H3,(H,33,34). The average molecular weight is 519 g/mol. The highest BCUT2D eigenvalue weighted by molar-refractivity contribution is 5.98. The molecule has 1 N–H and O–H groups in total. The van der Waals surface area contributed by atoms with E-state index in [1.54, 1.807) is 6.20 Å². The molecule has 0 radical (unpaired) electrons. The first kappa shape index (κ1) is 28.1. The van der Waals surface area contributed by atoms with Crippen LogP contribution in [0.3, 0.4) is 0 Å². The third kappa shape index (κ3) is 7.79. The number of nitrogens with zero attached hydrogens (tertiary/aromatic N) is 5. The molecule has 4 rings (SSSR count). The van der Waals surface area contributed by atoms with Crippen LogP contribution in [0.4, 0.5) is 11.6 Å². The Morgan fingerprint density at radius 2 is 1.74 bits per heavy atom. The van der Waals surface area contributed by atoms with Crippen molar-refractivity contribution >= 4 is 28.6 Å². The molecule has 1 aliphatic rings. The fraction of sp³-hybridized carbons (Fsp3) is 0.581. The zero-order chi connectivity index (χ0) is 26.9. The van der Waals surface area contributed by atoms with E-state index in [1.165, 1.54) is 32.4 Å². The van der Waals surface area contributed by atoms with Gasteiger partial charge in [0.1, 0.15) is 0 Å². The van der Waals surface area contributed by atoms with Crippen LogP contribution in [0.25, 0.3) is 11.0 Å². The second kappa shape index (κ2) is 13.7. The number of aromatic nitrogens is 3. The molecule has 3 aromatic rings. The summed E-state index contributed by atoms with van der Waals surface area (Å²) in [6.45, 7) is 14.8. The van der Waals surface area contributed by atoms with Gasteiger partial charge in [-0.1, -0.05) is 34.1 Å². The summed E-state index contributed by atoms with van der Waals surface area (Å²) in [5.74, 6) is 2.05. The Balaban J connectivity index is 1.60. The highest BCUT2D eigenvalue weighted by atomic mass is 16.2. The van der Waals surface area contributed by atoms with Crippen molar-refractivity contribution in [3.05, 3.63) is 48.3 Å². The second-order valence-electron chi connectivity index (χ2n) is 11.6. The molecule has 1 amide bonds. The van der Waals surface area contributed by atoms with E-state index in [1.807, 2.05) is 35.4 Å². The summed E-state index contributed by atoms with van der Waals surface area (Å²) in [5.41, 5.74) is 3.57. The van der Waals surface area contributed by atoms with E-state index < -0.39 is 0 Å². The summed E-state index contributed by atoms with van der Waals surface area (Å²) in [4.78, 5) is 27.5. The number of benzene rings is 1. The summed E-state index contributed by atoms with van der Waals surface area (Å²) in [5, 5.41) is 3.47. The number of hydrogen-bond acceptors (Lipinski definition) is 5. The number of carbonyl (C=O) groups excluding carboxylic acids is 1. The number of aryl methyl sites for hydroxylation is 1. The Morgan fingerprint density at radius 3 is 2.39 bits per heavy atom. The Hall–Kier alpha value is -2.93. The highest BCUT2D eigenvalue weighted by Gasteiger charge is 2.20. The fourth-order valence-corrected chi connectivity index (χ4v) is 5.10. The van der Waals surface area contributed by atoms with E-state index in [4.69, 9.17) is 4.98 Å². The van der Waals surface area contributed by atoms with Crippen LogP contribution in [0.5, 0.6) is 0 Å². The van der Waals surface area contributed by atoms with Crippen LogP contribution in [0.15, 0.2) is 42.7 Å². The third-order valence-electron chi connectivity index (χ3n) is 7.46. The Morgan fingerprint density at radius 1 is 1.00 bits per heavy atom. The minimum Gasteiger partial charge on any atom is -0.339 e. The maximum Gasteiger partial charge on any atom is 0.253 e. The number of carbonyl (C=O) groups is 1. The number of pyridine rings is 1. The van der Waals surface area contributed by atoms with Crippen molar-refractivity contribution in [2.75, 3.05) is 38.0 Å². The molecule has 2 aromatic heterocycles. The van der Waals surface area contributed by atoms with Gasteiger partial charge in [-0.05, 0) is 93.9 Å². The Kier molecular flexibility index (Phi) is 10.2. The first-order valence-corrected chi connectivity index (χ1v) is 14.6. The zero-order valence-corrected chi connectivity index (χ0v) is 23.8. The molecule has 206 valence electrons. The topological polar surface area (TPSA) is 66.3 Å². The molecule has 3 heterocycles. The molecule has 0 spiro atoms. The van der Waals surface area contributed by atoms with Crippen LogP contribution in [0.2, 0.25) is 0 Å². The summed E-state index contributed by atoms with van der Waals surface area (Å²) >= 11 is 0. The predicted octanol–water partition coefficient (Wildman–Crippen LogP) is 6.59. The maximum atomic E-state index is 13.7. The van der Waals surface area contributed by atoms with E-state index in [2.05, 4.69) is 53.5 Å². The second-order valence-corrected chi connectivity index (χ2v) is 11.6. The lowest BCUT2D eigenvalue weighted by Crippen LogP contribution is -2.34. The van der Waals surface area contributed by atoms with E-state index in [9.17, 15) is 4.79 Å². The van der Waals surface area contributed by atoms with Gasteiger partial charge in [0.05, 0.1) is 22.9 Å². The summed E-state index contributed by atoms with van der Waals surface area (Å²) in [7, 11) is 0. The number of nitrogens with one attached hydrogen (secondary N) is 1. The van der Waals surface area contributed by atoms with Crippen molar-refractivity contribution in [3.8, 4) is 0 Å². The number of amides is 1. The van der Waals surface area contributed by atoms with E-state index in [-0.39, 0.29) is 5.91 Å². The lowest BCUT2D eigenvalue weighted by atomic mass is 10.1. The average Bonchev–Trinajstić information content (AvgIpc) is 3.25. The van der Waals surface area contributed by atoms with Gasteiger partial charge in [-0.2, -0.15) is 0 Å². The van der Waals surface area contributed by atoms with E-state index in [0.29, 0.717) is 11.8 Å². The van der Waals surface area contributed by atoms with Gasteiger partial charge in [-0.3, -0.25) is 9.78 Å². The minimum absolute atomic E-state index is 0.121. The molecule has 7 nitrogen and oxygen atoms in total. The fourth-order valence-electron chi connectivity index (χ4n) is 5.10. The minimum atomic E-state index is 0.121. The number of fused-ring (bicyclic) bond motifs is 1. The number of hydrogen-bond donors (Lipinski definition) is 1. The van der Waals surface area contributed by atoms with Crippen LogP contribution in [0, 0.1) is 11.8 Å². The van der Waals surface area contributed by atoms with Gasteiger partial charge in [0.25, 0.3) is 5.91 Å². The first-order chi connectivity index (χ1) is 18.4. The molecule has 0 saturated carbocycles. The molecule has 1 fully saturated rings. The van der Waals surface area contributed by atoms with Crippen molar-refractivity contribution in [1.82, 2.24) is 24.3 Å². The molecule has 1 aromatic carbocycles. The van der Waals surface area contributed by atoms with Crippen LogP contribution in [0.1, 0.15) is 76.6 Å². The monoisotopic (exact) mass is 518 g/mol. The number of likely N-dealkylation sites (tertiary alicyclic amines) is 1. The van der Waals surface area contributed by atoms with Crippen LogP contribution >= 0.6 is 0 Å². The lowest BCUT2D eigenvalue weighted by Gasteiger charge is -2.26. The number of anilines is 2. The normalized spacial score (nSPS) is 14.5. The van der Waals surface area contributed by atoms with E-state index >= 15 is 0 Å². The van der Waals surface area contributed by atoms with Gasteiger partial charge >= 0.3 is 0 Å². The van der Waals surface area contributed by atoms with Crippen molar-refractivity contribution in [1.29, 1.82) is 0 Å². The highest BCUT2D eigenvalue weighted by Crippen LogP contribution is 2.25. The third-order valence-corrected chi connectivity index (χ3v) is 7.46. The molecular weight excluding hydrogens is 472 g/mol. The summed E-state index contributed by atoms with van der Waals surface area (Å²) in [6, 6.07) is 9.92. The van der Waals surface area contributed by atoms with Gasteiger partial charge in [-0.15, -0.1) is 0 Å². The van der Waals surface area contributed by atoms with Gasteiger partial charge in [-0.25, -0.2) is 4.98 Å². The van der Waals surface area contributed by atoms with Gasteiger partial charge in [0.2, 0.25) is 5.95 Å². The van der Waals surface area contributed by atoms with Crippen LogP contribution in [-0.4, -0.2) is 63.0 Å². The van der Waals surface area contributed by atoms with Gasteiger partial charge in [0.15, 0.2) is 0 Å². The summed E-state index contributed by atoms with van der Waals surface area (Å²) < 4.78 is 2.25. The number of piperidine rings is 1. The molecule has 38 heavy (non-hydrogen) atoms. The molecule has 0 atom stereocenters. The van der Waals surface area contributed by atoms with Gasteiger partial charge in [0, 0.05) is 31.4 Å². The summed E-state index contributed by atoms with van der Waals surface area (Å²) in [6.07, 6.45) is 10.6. The quantitative estimate of drug-likeness (QED) is 0.277. The molecule has 7 heteroatoms. The first-order valence-electron chi connectivity index (χ1n) is 14.6. The molecular formula is C31H46N6O. The Labute approximate surface area is 228 Å². The molecule has 1 aliphatic heterocycles. The molecule has 0 aliphatic carbocycles. The molecule has 0 unspecified atom stereocenters. The molecule has 1 saturated heterocycles. The van der Waals surface area contributed by atoms with Crippen LogP contribution in [-0.2, 0) is 6.54 Å². The maximum absolute atomic E-state index is 13.7. The van der Waals surface area contributed by atoms with Crippen molar-refractivity contribution in [2.24, 2.45) is 11.8 Å².